The fraction of sp³-hybridized carbons (Fsp3) is 0.182. The molecule has 0 atom stereocenters. The predicted octanol–water partition coefficient (Wildman–Crippen LogP) is 2.98. The van der Waals surface area contributed by atoms with E-state index in [2.05, 4.69) is 0 Å². The van der Waals surface area contributed by atoms with Crippen LogP contribution in [-0.4, -0.2) is 30.8 Å². The molecule has 2 aromatic rings. The van der Waals surface area contributed by atoms with Gasteiger partial charge in [-0.2, -0.15) is 4.31 Å². The molecular formula is C11H10ClNO4S3. The molecule has 20 heavy (non-hydrogen) atoms. The van der Waals surface area contributed by atoms with Crippen molar-refractivity contribution in [2.24, 2.45) is 0 Å². The largest absolute Gasteiger partial charge is 0.478 e. The van der Waals surface area contributed by atoms with Crippen molar-refractivity contribution in [3.8, 4) is 0 Å². The fourth-order valence-corrected chi connectivity index (χ4v) is 5.19. The second kappa shape index (κ2) is 5.82. The standard InChI is InChI=1S/C11H10ClNO4S3/c1-13(5-8-2-3-9(12)19-8)20(16,17)10-4-7(6-18-10)11(14)15/h2-4,6H,5H2,1H3,(H,14,15). The summed E-state index contributed by atoms with van der Waals surface area (Å²) in [7, 11) is -2.24. The summed E-state index contributed by atoms with van der Waals surface area (Å²) in [6.07, 6.45) is 0. The molecule has 9 heteroatoms. The van der Waals surface area contributed by atoms with E-state index in [1.807, 2.05) is 0 Å². The van der Waals surface area contributed by atoms with Crippen molar-refractivity contribution in [3.05, 3.63) is 38.4 Å². The highest BCUT2D eigenvalue weighted by molar-refractivity contribution is 7.91. The van der Waals surface area contributed by atoms with E-state index in [0.717, 1.165) is 16.2 Å². The van der Waals surface area contributed by atoms with Crippen LogP contribution in [0.1, 0.15) is 15.2 Å². The van der Waals surface area contributed by atoms with Crippen LogP contribution in [0.25, 0.3) is 0 Å². The van der Waals surface area contributed by atoms with Gasteiger partial charge in [0.15, 0.2) is 0 Å². The van der Waals surface area contributed by atoms with E-state index in [9.17, 15) is 13.2 Å². The highest BCUT2D eigenvalue weighted by Gasteiger charge is 2.24. The zero-order valence-corrected chi connectivity index (χ0v) is 13.4. The molecule has 0 aliphatic rings. The van der Waals surface area contributed by atoms with Gasteiger partial charge in [-0.05, 0) is 18.2 Å². The lowest BCUT2D eigenvalue weighted by atomic mass is 10.4. The molecule has 0 radical (unpaired) electrons. The van der Waals surface area contributed by atoms with E-state index in [1.165, 1.54) is 34.1 Å². The van der Waals surface area contributed by atoms with Crippen LogP contribution in [-0.2, 0) is 16.6 Å². The Kier molecular flexibility index (Phi) is 4.50. The van der Waals surface area contributed by atoms with Crippen LogP contribution in [0.15, 0.2) is 27.8 Å². The Bertz CT molecular complexity index is 734. The van der Waals surface area contributed by atoms with Crippen molar-refractivity contribution in [3.63, 3.8) is 0 Å². The summed E-state index contributed by atoms with van der Waals surface area (Å²) < 4.78 is 26.4. The van der Waals surface area contributed by atoms with Crippen LogP contribution in [0, 0.1) is 0 Å². The minimum atomic E-state index is -3.69. The van der Waals surface area contributed by atoms with Crippen LogP contribution >= 0.6 is 34.3 Å². The molecule has 0 aliphatic heterocycles. The first-order chi connectivity index (χ1) is 9.30. The number of halogens is 1. The minimum Gasteiger partial charge on any atom is -0.478 e. The first-order valence-electron chi connectivity index (χ1n) is 5.33. The van der Waals surface area contributed by atoms with Crippen molar-refractivity contribution in [1.29, 1.82) is 0 Å². The molecule has 0 bridgehead atoms. The molecular weight excluding hydrogens is 342 g/mol. The smallest absolute Gasteiger partial charge is 0.336 e. The summed E-state index contributed by atoms with van der Waals surface area (Å²) in [6, 6.07) is 4.63. The predicted molar refractivity (Wildman–Crippen MR) is 79.3 cm³/mol. The molecule has 0 amide bonds. The maximum absolute atomic E-state index is 12.3. The van der Waals surface area contributed by atoms with Gasteiger partial charge in [0.1, 0.15) is 4.21 Å². The van der Waals surface area contributed by atoms with Crippen LogP contribution < -0.4 is 0 Å². The zero-order chi connectivity index (χ0) is 14.9. The van der Waals surface area contributed by atoms with Crippen molar-refractivity contribution >= 4 is 50.3 Å². The van der Waals surface area contributed by atoms with E-state index in [0.29, 0.717) is 4.34 Å². The lowest BCUT2D eigenvalue weighted by Gasteiger charge is -2.14. The highest BCUT2D eigenvalue weighted by atomic mass is 35.5. The third kappa shape index (κ3) is 3.21. The normalized spacial score (nSPS) is 11.9. The minimum absolute atomic E-state index is 0.0139. The van der Waals surface area contributed by atoms with Gasteiger partial charge in [0.2, 0.25) is 0 Å². The van der Waals surface area contributed by atoms with E-state index in [-0.39, 0.29) is 16.3 Å². The number of thiophene rings is 2. The van der Waals surface area contributed by atoms with Crippen molar-refractivity contribution in [1.82, 2.24) is 4.31 Å². The van der Waals surface area contributed by atoms with Gasteiger partial charge in [0.25, 0.3) is 10.0 Å². The van der Waals surface area contributed by atoms with E-state index in [4.69, 9.17) is 16.7 Å². The molecule has 0 fully saturated rings. The average Bonchev–Trinajstić information content (AvgIpc) is 2.98. The number of nitrogens with zero attached hydrogens (tertiary/aromatic N) is 1. The monoisotopic (exact) mass is 351 g/mol. The number of carboxylic acids is 1. The number of sulfonamides is 1. The SMILES string of the molecule is CN(Cc1ccc(Cl)s1)S(=O)(=O)c1cc(C(=O)O)cs1. The summed E-state index contributed by atoms with van der Waals surface area (Å²) in [4.78, 5) is 11.6. The molecule has 5 nitrogen and oxygen atoms in total. The van der Waals surface area contributed by atoms with Crippen LogP contribution in [0.5, 0.6) is 0 Å². The van der Waals surface area contributed by atoms with Gasteiger partial charge in [-0.1, -0.05) is 11.6 Å². The van der Waals surface area contributed by atoms with Gasteiger partial charge in [0, 0.05) is 23.8 Å². The molecule has 0 unspecified atom stereocenters. The Morgan fingerprint density at radius 2 is 2.15 bits per heavy atom. The van der Waals surface area contributed by atoms with Crippen LogP contribution in [0.2, 0.25) is 4.34 Å². The molecule has 108 valence electrons. The average molecular weight is 352 g/mol. The van der Waals surface area contributed by atoms with Crippen LogP contribution in [0.3, 0.4) is 0 Å². The Morgan fingerprint density at radius 3 is 2.65 bits per heavy atom. The summed E-state index contributed by atoms with van der Waals surface area (Å²) in [5, 5.41) is 10.1. The van der Waals surface area contributed by atoms with Crippen LogP contribution in [0.4, 0.5) is 0 Å². The van der Waals surface area contributed by atoms with Gasteiger partial charge in [-0.25, -0.2) is 13.2 Å². The molecule has 0 aliphatic carbocycles. The van der Waals surface area contributed by atoms with Gasteiger partial charge < -0.3 is 5.11 Å². The Labute approximate surface area is 129 Å². The lowest BCUT2D eigenvalue weighted by Crippen LogP contribution is -2.25. The number of carbonyl (C=O) groups is 1. The van der Waals surface area contributed by atoms with E-state index >= 15 is 0 Å². The Balaban J connectivity index is 2.22. The van der Waals surface area contributed by atoms with Gasteiger partial charge in [-0.3, -0.25) is 0 Å². The quantitative estimate of drug-likeness (QED) is 0.898. The molecule has 0 aromatic carbocycles. The molecule has 1 N–H and O–H groups in total. The number of carboxylic acid groups (broad SMARTS) is 1. The molecule has 2 rings (SSSR count). The second-order valence-electron chi connectivity index (χ2n) is 3.93. The molecule has 2 aromatic heterocycles. The molecule has 0 spiro atoms. The van der Waals surface area contributed by atoms with Gasteiger partial charge >= 0.3 is 5.97 Å². The molecule has 0 saturated heterocycles. The maximum atomic E-state index is 12.3. The van der Waals surface area contributed by atoms with Crippen molar-refractivity contribution in [2.45, 2.75) is 10.8 Å². The molecule has 0 saturated carbocycles. The number of hydrogen-bond donors (Lipinski definition) is 1. The maximum Gasteiger partial charge on any atom is 0.336 e. The van der Waals surface area contributed by atoms with Crippen molar-refractivity contribution < 1.29 is 18.3 Å². The van der Waals surface area contributed by atoms with E-state index < -0.39 is 16.0 Å². The number of rotatable bonds is 5. The number of aromatic carboxylic acids is 1. The summed E-state index contributed by atoms with van der Waals surface area (Å²) >= 11 is 8.00. The summed E-state index contributed by atoms with van der Waals surface area (Å²) in [5.74, 6) is -1.14. The van der Waals surface area contributed by atoms with E-state index in [1.54, 1.807) is 12.1 Å². The Hall–Kier alpha value is -0.930. The first-order valence-corrected chi connectivity index (χ1v) is 8.84. The third-order valence-electron chi connectivity index (χ3n) is 2.49. The summed E-state index contributed by atoms with van der Waals surface area (Å²) in [6.45, 7) is 0.194. The Morgan fingerprint density at radius 1 is 1.45 bits per heavy atom. The third-order valence-corrected chi connectivity index (χ3v) is 6.93. The zero-order valence-electron chi connectivity index (χ0n) is 10.2. The lowest BCUT2D eigenvalue weighted by molar-refractivity contribution is 0.0697. The van der Waals surface area contributed by atoms with Crippen molar-refractivity contribution in [2.75, 3.05) is 7.05 Å². The highest BCUT2D eigenvalue weighted by Crippen LogP contribution is 2.27. The first kappa shape index (κ1) is 15.5. The number of hydrogen-bond acceptors (Lipinski definition) is 5. The second-order valence-corrected chi connectivity index (χ2v) is 8.91. The topological polar surface area (TPSA) is 74.7 Å². The molecule has 2 heterocycles. The van der Waals surface area contributed by atoms with Gasteiger partial charge in [0.05, 0.1) is 9.90 Å². The summed E-state index contributed by atoms with van der Waals surface area (Å²) in [5.41, 5.74) is -0.0267. The fourth-order valence-electron chi connectivity index (χ4n) is 1.46. The van der Waals surface area contributed by atoms with Gasteiger partial charge in [-0.15, -0.1) is 22.7 Å².